The van der Waals surface area contributed by atoms with Crippen LogP contribution in [0.15, 0.2) is 42.5 Å². The molecule has 2 aromatic carbocycles. The summed E-state index contributed by atoms with van der Waals surface area (Å²) in [5.74, 6) is 0.477. The molecule has 2 aromatic rings. The van der Waals surface area contributed by atoms with E-state index >= 15 is 0 Å². The van der Waals surface area contributed by atoms with Crippen LogP contribution in [0.3, 0.4) is 0 Å². The molecule has 0 saturated heterocycles. The molecule has 0 radical (unpaired) electrons. The van der Waals surface area contributed by atoms with Crippen molar-refractivity contribution in [2.24, 2.45) is 0 Å². The number of anilines is 2. The molecule has 0 heterocycles. The topological polar surface area (TPSA) is 67.4 Å². The highest BCUT2D eigenvalue weighted by Crippen LogP contribution is 2.29. The van der Waals surface area contributed by atoms with Crippen molar-refractivity contribution in [1.29, 1.82) is 0 Å². The third kappa shape index (κ3) is 4.59. The molecule has 0 aliphatic heterocycles. The number of aryl methyl sites for hydroxylation is 1. The van der Waals surface area contributed by atoms with Crippen LogP contribution in [-0.4, -0.2) is 18.4 Å². The van der Waals surface area contributed by atoms with Crippen LogP contribution in [-0.2, 0) is 22.4 Å². The van der Waals surface area contributed by atoms with E-state index < -0.39 is 0 Å². The number of hydrogen-bond donors (Lipinski definition) is 2. The second-order valence-corrected chi connectivity index (χ2v) is 6.20. The summed E-state index contributed by atoms with van der Waals surface area (Å²) in [6.07, 6.45) is 4.47. The molecule has 130 valence electrons. The van der Waals surface area contributed by atoms with Gasteiger partial charge in [0.25, 0.3) is 5.91 Å². The van der Waals surface area contributed by atoms with Crippen LogP contribution in [0.2, 0.25) is 0 Å². The maximum absolute atomic E-state index is 12.1. The Morgan fingerprint density at radius 3 is 2.36 bits per heavy atom. The molecule has 0 aromatic heterocycles. The maximum Gasteiger partial charge on any atom is 0.262 e. The van der Waals surface area contributed by atoms with Gasteiger partial charge in [0.2, 0.25) is 5.91 Å². The maximum atomic E-state index is 12.1. The zero-order valence-corrected chi connectivity index (χ0v) is 14.3. The molecular formula is C20H22N2O3. The van der Waals surface area contributed by atoms with Crippen LogP contribution in [0, 0.1) is 0 Å². The van der Waals surface area contributed by atoms with Crippen molar-refractivity contribution in [3.8, 4) is 5.75 Å². The highest BCUT2D eigenvalue weighted by molar-refractivity contribution is 5.93. The Morgan fingerprint density at radius 2 is 1.64 bits per heavy atom. The normalized spacial score (nSPS) is 12.8. The summed E-state index contributed by atoms with van der Waals surface area (Å²) in [4.78, 5) is 23.1. The largest absolute Gasteiger partial charge is 0.483 e. The average molecular weight is 338 g/mol. The molecule has 5 heteroatoms. The first-order valence-electron chi connectivity index (χ1n) is 8.53. The lowest BCUT2D eigenvalue weighted by atomic mass is 9.91. The van der Waals surface area contributed by atoms with Gasteiger partial charge in [0.05, 0.1) is 0 Å². The van der Waals surface area contributed by atoms with E-state index in [0.717, 1.165) is 18.6 Å². The first-order valence-corrected chi connectivity index (χ1v) is 8.53. The number of carbonyl (C=O) groups excluding carboxylic acids is 2. The molecule has 0 atom stereocenters. The van der Waals surface area contributed by atoms with Crippen LogP contribution in [0.25, 0.3) is 0 Å². The smallest absolute Gasteiger partial charge is 0.262 e. The summed E-state index contributed by atoms with van der Waals surface area (Å²) in [5, 5.41) is 5.48. The van der Waals surface area contributed by atoms with Gasteiger partial charge >= 0.3 is 0 Å². The lowest BCUT2D eigenvalue weighted by molar-refractivity contribution is -0.118. The number of benzene rings is 2. The van der Waals surface area contributed by atoms with Crippen molar-refractivity contribution in [2.45, 2.75) is 32.6 Å². The van der Waals surface area contributed by atoms with Crippen LogP contribution in [0.5, 0.6) is 5.75 Å². The molecule has 0 fully saturated rings. The fourth-order valence-corrected chi connectivity index (χ4v) is 3.06. The minimum atomic E-state index is -0.208. The van der Waals surface area contributed by atoms with Gasteiger partial charge < -0.3 is 15.4 Å². The summed E-state index contributed by atoms with van der Waals surface area (Å²) >= 11 is 0. The van der Waals surface area contributed by atoms with Crippen molar-refractivity contribution in [3.05, 3.63) is 53.6 Å². The van der Waals surface area contributed by atoms with E-state index in [2.05, 4.69) is 16.7 Å². The molecule has 0 bridgehead atoms. The van der Waals surface area contributed by atoms with Crippen molar-refractivity contribution >= 4 is 23.2 Å². The van der Waals surface area contributed by atoms with E-state index in [9.17, 15) is 9.59 Å². The number of rotatable bonds is 5. The van der Waals surface area contributed by atoms with E-state index in [4.69, 9.17) is 4.74 Å². The van der Waals surface area contributed by atoms with Gasteiger partial charge in [-0.3, -0.25) is 9.59 Å². The Bertz CT molecular complexity index is 769. The molecule has 3 rings (SSSR count). The molecular weight excluding hydrogens is 316 g/mol. The van der Waals surface area contributed by atoms with Crippen LogP contribution >= 0.6 is 0 Å². The summed E-state index contributed by atoms with van der Waals surface area (Å²) in [5.41, 5.74) is 3.93. The first-order chi connectivity index (χ1) is 12.1. The van der Waals surface area contributed by atoms with E-state index in [0.29, 0.717) is 11.4 Å². The van der Waals surface area contributed by atoms with Crippen molar-refractivity contribution in [3.63, 3.8) is 0 Å². The standard InChI is InChI=1S/C20H22N2O3/c1-14(23)21-16-9-11-17(12-10-16)22-20(24)13-25-19-8-4-6-15-5-2-3-7-18(15)19/h4,6,8-12H,2-3,5,7,13H2,1H3,(H,21,23)(H,22,24). The fraction of sp³-hybridized carbons (Fsp3) is 0.300. The zero-order chi connectivity index (χ0) is 17.6. The third-order valence-electron chi connectivity index (χ3n) is 4.20. The van der Waals surface area contributed by atoms with Crippen LogP contribution in [0.4, 0.5) is 11.4 Å². The molecule has 25 heavy (non-hydrogen) atoms. The molecule has 0 unspecified atom stereocenters. The Labute approximate surface area is 147 Å². The Kier molecular flexibility index (Phi) is 5.33. The lowest BCUT2D eigenvalue weighted by Crippen LogP contribution is -2.21. The van der Waals surface area contributed by atoms with Crippen molar-refractivity contribution < 1.29 is 14.3 Å². The lowest BCUT2D eigenvalue weighted by Gasteiger charge is -2.19. The SMILES string of the molecule is CC(=O)Nc1ccc(NC(=O)COc2cccc3c2CCCC3)cc1. The van der Waals surface area contributed by atoms with Crippen molar-refractivity contribution in [1.82, 2.24) is 0 Å². The van der Waals surface area contributed by atoms with E-state index in [1.807, 2.05) is 12.1 Å². The van der Waals surface area contributed by atoms with Crippen LogP contribution < -0.4 is 15.4 Å². The number of carbonyl (C=O) groups is 2. The number of hydrogen-bond acceptors (Lipinski definition) is 3. The minimum Gasteiger partial charge on any atom is -0.483 e. The second kappa shape index (κ2) is 7.83. The van der Waals surface area contributed by atoms with Gasteiger partial charge in [-0.1, -0.05) is 12.1 Å². The summed E-state index contributed by atoms with van der Waals surface area (Å²) < 4.78 is 5.75. The summed E-state index contributed by atoms with van der Waals surface area (Å²) in [7, 11) is 0. The molecule has 2 amide bonds. The quantitative estimate of drug-likeness (QED) is 0.876. The van der Waals surface area contributed by atoms with Gasteiger partial charge in [0.1, 0.15) is 5.75 Å². The number of fused-ring (bicyclic) bond motifs is 1. The molecule has 1 aliphatic rings. The third-order valence-corrected chi connectivity index (χ3v) is 4.20. The van der Waals surface area contributed by atoms with Gasteiger partial charge in [-0.2, -0.15) is 0 Å². The van der Waals surface area contributed by atoms with E-state index in [1.54, 1.807) is 24.3 Å². The molecule has 5 nitrogen and oxygen atoms in total. The number of amides is 2. The Morgan fingerprint density at radius 1 is 0.960 bits per heavy atom. The van der Waals surface area contributed by atoms with Crippen LogP contribution in [0.1, 0.15) is 30.9 Å². The Hall–Kier alpha value is -2.82. The van der Waals surface area contributed by atoms with Gasteiger partial charge in [0.15, 0.2) is 6.61 Å². The molecule has 1 aliphatic carbocycles. The van der Waals surface area contributed by atoms with Crippen molar-refractivity contribution in [2.75, 3.05) is 17.2 Å². The monoisotopic (exact) mass is 338 g/mol. The molecule has 0 saturated carbocycles. The zero-order valence-electron chi connectivity index (χ0n) is 14.3. The highest BCUT2D eigenvalue weighted by atomic mass is 16.5. The van der Waals surface area contributed by atoms with Gasteiger partial charge in [-0.15, -0.1) is 0 Å². The fourth-order valence-electron chi connectivity index (χ4n) is 3.06. The Balaban J connectivity index is 1.56. The van der Waals surface area contributed by atoms with E-state index in [-0.39, 0.29) is 18.4 Å². The average Bonchev–Trinajstić information content (AvgIpc) is 2.61. The number of nitrogens with one attached hydrogen (secondary N) is 2. The first kappa shape index (κ1) is 17.0. The molecule has 0 spiro atoms. The predicted molar refractivity (Wildman–Crippen MR) is 98.0 cm³/mol. The van der Waals surface area contributed by atoms with Gasteiger partial charge in [-0.05, 0) is 67.1 Å². The summed E-state index contributed by atoms with van der Waals surface area (Å²) in [6.45, 7) is 1.43. The minimum absolute atomic E-state index is 0.0239. The number of ether oxygens (including phenoxy) is 1. The molecule has 2 N–H and O–H groups in total. The summed E-state index contributed by atoms with van der Waals surface area (Å²) in [6, 6.07) is 13.0. The van der Waals surface area contributed by atoms with E-state index in [1.165, 1.54) is 30.9 Å². The highest BCUT2D eigenvalue weighted by Gasteiger charge is 2.14. The predicted octanol–water partition coefficient (Wildman–Crippen LogP) is 3.54. The van der Waals surface area contributed by atoms with Gasteiger partial charge in [0, 0.05) is 18.3 Å². The second-order valence-electron chi connectivity index (χ2n) is 6.20. The van der Waals surface area contributed by atoms with Gasteiger partial charge in [-0.25, -0.2) is 0 Å².